The van der Waals surface area contributed by atoms with Gasteiger partial charge in [0.1, 0.15) is 12.3 Å². The van der Waals surface area contributed by atoms with Crippen molar-refractivity contribution in [3.8, 4) is 40.0 Å². The topological polar surface area (TPSA) is 90.4 Å². The average molecular weight is 668 g/mol. The summed E-state index contributed by atoms with van der Waals surface area (Å²) in [5, 5.41) is 3.46. The molecule has 0 saturated heterocycles. The van der Waals surface area contributed by atoms with Gasteiger partial charge in [-0.1, -0.05) is 48.7 Å². The van der Waals surface area contributed by atoms with E-state index in [4.69, 9.17) is 21.1 Å². The zero-order valence-electron chi connectivity index (χ0n) is 26.4. The molecule has 0 radical (unpaired) electrons. The van der Waals surface area contributed by atoms with E-state index in [-0.39, 0.29) is 53.6 Å². The van der Waals surface area contributed by atoms with Crippen LogP contribution < -0.4 is 10.1 Å². The zero-order chi connectivity index (χ0) is 34.0. The molecule has 1 N–H and O–H groups in total. The van der Waals surface area contributed by atoms with E-state index in [0.29, 0.717) is 52.3 Å². The molecule has 3 aromatic carbocycles. The van der Waals surface area contributed by atoms with Crippen LogP contribution in [0, 0.1) is 29.4 Å². The van der Waals surface area contributed by atoms with Crippen LogP contribution in [0.5, 0.6) is 5.75 Å². The lowest BCUT2D eigenvalue weighted by Crippen LogP contribution is -2.10. The molecule has 0 bridgehead atoms. The summed E-state index contributed by atoms with van der Waals surface area (Å²) in [6, 6.07) is 20.0. The second-order valence-electron chi connectivity index (χ2n) is 11.1. The fourth-order valence-corrected chi connectivity index (χ4v) is 5.44. The van der Waals surface area contributed by atoms with Crippen molar-refractivity contribution in [3.63, 3.8) is 0 Å². The largest absolute Gasteiger partial charge is 0.478 e. The molecule has 7 nitrogen and oxygen atoms in total. The van der Waals surface area contributed by atoms with Crippen molar-refractivity contribution < 1.29 is 27.8 Å². The van der Waals surface area contributed by atoms with E-state index >= 15 is 4.39 Å². The summed E-state index contributed by atoms with van der Waals surface area (Å²) in [6.45, 7) is 3.81. The molecule has 2 heterocycles. The van der Waals surface area contributed by atoms with Crippen molar-refractivity contribution in [2.24, 2.45) is 5.92 Å². The lowest BCUT2D eigenvalue weighted by molar-refractivity contribution is 0.0492. The van der Waals surface area contributed by atoms with Crippen LogP contribution >= 0.6 is 11.6 Å². The molecule has 1 unspecified atom stereocenters. The summed E-state index contributed by atoms with van der Waals surface area (Å²) in [6.07, 6.45) is 4.64. The lowest BCUT2D eigenvalue weighted by Gasteiger charge is -2.13. The highest BCUT2D eigenvalue weighted by Crippen LogP contribution is 2.40. The van der Waals surface area contributed by atoms with Crippen LogP contribution in [0.15, 0.2) is 85.2 Å². The lowest BCUT2D eigenvalue weighted by atomic mass is 9.96. The predicted molar refractivity (Wildman–Crippen MR) is 182 cm³/mol. The van der Waals surface area contributed by atoms with Crippen molar-refractivity contribution in [2.75, 3.05) is 18.5 Å². The Bertz CT molecular complexity index is 1960. The summed E-state index contributed by atoms with van der Waals surface area (Å²) in [4.78, 5) is 34.1. The molecule has 0 saturated carbocycles. The van der Waals surface area contributed by atoms with Gasteiger partial charge in [0.15, 0.2) is 23.2 Å². The molecule has 0 amide bonds. The number of aromatic nitrogens is 2. The number of ether oxygens (including phenoxy) is 2. The van der Waals surface area contributed by atoms with Crippen molar-refractivity contribution in [2.45, 2.75) is 33.1 Å². The summed E-state index contributed by atoms with van der Waals surface area (Å²) in [5.41, 5.74) is 2.82. The Morgan fingerprint density at radius 3 is 2.54 bits per heavy atom. The van der Waals surface area contributed by atoms with Crippen LogP contribution in [0.25, 0.3) is 22.4 Å². The molecule has 0 fully saturated rings. The number of ketones is 1. The summed E-state index contributed by atoms with van der Waals surface area (Å²) < 4.78 is 40.6. The van der Waals surface area contributed by atoms with Crippen LogP contribution in [0.1, 0.15) is 53.8 Å². The number of rotatable bonds is 13. The molecule has 0 aromatic heterocycles. The Balaban J connectivity index is 1.22. The first-order valence-corrected chi connectivity index (χ1v) is 15.7. The molecule has 244 valence electrons. The minimum absolute atomic E-state index is 0.0226. The number of nitrogens with zero attached hydrogens (tertiary/aromatic N) is 2. The first kappa shape index (κ1) is 34.0. The first-order valence-electron chi connectivity index (χ1n) is 15.3. The van der Waals surface area contributed by atoms with Crippen molar-refractivity contribution >= 4 is 34.9 Å². The Labute approximate surface area is 282 Å². The number of fused-ring (bicyclic) bond motifs is 1. The van der Waals surface area contributed by atoms with Gasteiger partial charge >= 0.3 is 5.97 Å². The van der Waals surface area contributed by atoms with E-state index in [9.17, 15) is 14.0 Å². The zero-order valence-corrected chi connectivity index (χ0v) is 27.1. The number of Topliss-reactive ketones (excluding diaryl/α,β-unsaturated/α-hetero) is 1. The Morgan fingerprint density at radius 2 is 1.77 bits per heavy atom. The van der Waals surface area contributed by atoms with Gasteiger partial charge in [-0.3, -0.25) is 9.78 Å². The van der Waals surface area contributed by atoms with Gasteiger partial charge in [0.05, 0.1) is 17.2 Å². The SMILES string of the molecule is CC#CCOc1ccc(-c2cnc3c(Nc4ccc(C(=O)CC(C)CCCOC(=O)c5ccccc5)c(Cl)c4)ncccc2-3)c(F)c1F. The average Bonchev–Trinajstić information content (AvgIpc) is 3.39. The fourth-order valence-electron chi connectivity index (χ4n) is 5.15. The normalized spacial score (nSPS) is 11.4. The molecule has 2 aliphatic heterocycles. The quantitative estimate of drug-likeness (QED) is 0.0579. The van der Waals surface area contributed by atoms with Gasteiger partial charge in [0.25, 0.3) is 0 Å². The highest BCUT2D eigenvalue weighted by Gasteiger charge is 2.23. The molecule has 1 atom stereocenters. The van der Waals surface area contributed by atoms with E-state index in [0.717, 1.165) is 0 Å². The Hall–Kier alpha value is -5.33. The molecule has 0 aliphatic carbocycles. The van der Waals surface area contributed by atoms with E-state index in [1.807, 2.05) is 13.0 Å². The molecule has 3 aromatic rings. The van der Waals surface area contributed by atoms with Crippen molar-refractivity contribution in [1.29, 1.82) is 0 Å². The molecule has 0 spiro atoms. The van der Waals surface area contributed by atoms with Crippen LogP contribution in [0.4, 0.5) is 20.3 Å². The number of esters is 1. The maximum Gasteiger partial charge on any atom is 0.338 e. The fraction of sp³-hybridized carbons (Fsp3) is 0.211. The highest BCUT2D eigenvalue weighted by atomic mass is 35.5. The Kier molecular flexibility index (Phi) is 11.3. The van der Waals surface area contributed by atoms with E-state index in [2.05, 4.69) is 27.1 Å². The molecular formula is C38H32ClF2N3O4. The van der Waals surface area contributed by atoms with Gasteiger partial charge in [0, 0.05) is 46.8 Å². The number of benzene rings is 3. The molecular weight excluding hydrogens is 636 g/mol. The number of halogens is 3. The third kappa shape index (κ3) is 8.14. The number of carbonyl (C=O) groups excluding carboxylic acids is 2. The summed E-state index contributed by atoms with van der Waals surface area (Å²) in [7, 11) is 0. The Morgan fingerprint density at radius 1 is 0.958 bits per heavy atom. The van der Waals surface area contributed by atoms with Gasteiger partial charge in [0.2, 0.25) is 5.82 Å². The monoisotopic (exact) mass is 667 g/mol. The number of hydrogen-bond donors (Lipinski definition) is 1. The van der Waals surface area contributed by atoms with Gasteiger partial charge < -0.3 is 14.8 Å². The van der Waals surface area contributed by atoms with Gasteiger partial charge in [-0.05, 0) is 74.2 Å². The second-order valence-corrected chi connectivity index (χ2v) is 11.5. The maximum atomic E-state index is 15.2. The van der Waals surface area contributed by atoms with E-state index in [1.54, 1.807) is 67.7 Å². The summed E-state index contributed by atoms with van der Waals surface area (Å²) >= 11 is 6.56. The first-order chi connectivity index (χ1) is 23.3. The summed E-state index contributed by atoms with van der Waals surface area (Å²) in [5.74, 6) is 2.83. The number of nitrogens with one attached hydrogen (secondary N) is 1. The predicted octanol–water partition coefficient (Wildman–Crippen LogP) is 9.17. The highest BCUT2D eigenvalue weighted by molar-refractivity contribution is 6.34. The van der Waals surface area contributed by atoms with Crippen LogP contribution in [0.3, 0.4) is 0 Å². The molecule has 5 rings (SSSR count). The smallest absolute Gasteiger partial charge is 0.338 e. The van der Waals surface area contributed by atoms with Gasteiger partial charge in [-0.15, -0.1) is 5.92 Å². The third-order valence-electron chi connectivity index (χ3n) is 7.61. The van der Waals surface area contributed by atoms with Crippen LogP contribution in [-0.2, 0) is 4.74 Å². The maximum absolute atomic E-state index is 15.2. The second kappa shape index (κ2) is 16.0. The van der Waals surface area contributed by atoms with Gasteiger partial charge in [-0.25, -0.2) is 14.2 Å². The number of anilines is 2. The standard InChI is InChI=1S/C38H32ClF2N3O4/c1-3-4-19-47-33-17-16-27(34(40)35(33)41)30-23-43-36-28(30)13-8-18-42-37(36)44-26-14-15-29(31(39)22-26)32(45)21-24(2)10-9-20-48-38(46)25-11-6-5-7-12-25/h5-8,11-18,22-24H,9-10,19-21H2,1-2H3,(H,42,44). The number of carbonyl (C=O) groups is 2. The van der Waals surface area contributed by atoms with Crippen molar-refractivity contribution in [3.05, 3.63) is 113 Å². The number of hydrogen-bond acceptors (Lipinski definition) is 7. The molecule has 10 heteroatoms. The van der Waals surface area contributed by atoms with Crippen LogP contribution in [-0.4, -0.2) is 34.9 Å². The van der Waals surface area contributed by atoms with Crippen molar-refractivity contribution in [1.82, 2.24) is 9.97 Å². The molecule has 2 aliphatic rings. The minimum Gasteiger partial charge on any atom is -0.478 e. The van der Waals surface area contributed by atoms with E-state index in [1.165, 1.54) is 18.3 Å². The third-order valence-corrected chi connectivity index (χ3v) is 7.92. The minimum atomic E-state index is -1.11. The van der Waals surface area contributed by atoms with Crippen LogP contribution in [0.2, 0.25) is 5.02 Å². The van der Waals surface area contributed by atoms with Gasteiger partial charge in [-0.2, -0.15) is 4.39 Å². The van der Waals surface area contributed by atoms with E-state index < -0.39 is 11.6 Å². The molecule has 48 heavy (non-hydrogen) atoms.